The Morgan fingerprint density at radius 1 is 1.36 bits per heavy atom. The van der Waals surface area contributed by atoms with Gasteiger partial charge in [0.2, 0.25) is 0 Å². The molecule has 1 aromatic rings. The second-order valence-corrected chi connectivity index (χ2v) is 2.47. The van der Waals surface area contributed by atoms with Crippen molar-refractivity contribution in [3.8, 4) is 0 Å². The van der Waals surface area contributed by atoms with Crippen LogP contribution in [0.2, 0.25) is 0 Å². The summed E-state index contributed by atoms with van der Waals surface area (Å²) in [5.74, 6) is 0. The summed E-state index contributed by atoms with van der Waals surface area (Å²) in [4.78, 5) is 3.94. The van der Waals surface area contributed by atoms with Gasteiger partial charge >= 0.3 is 0 Å². The number of allylic oxidation sites excluding steroid dienone is 1. The predicted octanol–water partition coefficient (Wildman–Crippen LogP) is 2.89. The van der Waals surface area contributed by atoms with E-state index >= 15 is 0 Å². The Kier molecular flexibility index (Phi) is 3.39. The molecule has 0 fully saturated rings. The van der Waals surface area contributed by atoms with Gasteiger partial charge in [0, 0.05) is 12.4 Å². The van der Waals surface area contributed by atoms with Crippen LogP contribution in [0.3, 0.4) is 0 Å². The zero-order valence-corrected chi connectivity index (χ0v) is 6.83. The summed E-state index contributed by atoms with van der Waals surface area (Å²) < 4.78 is 0. The van der Waals surface area contributed by atoms with Crippen LogP contribution in [0.5, 0.6) is 0 Å². The molecule has 0 bridgehead atoms. The van der Waals surface area contributed by atoms with Crippen molar-refractivity contribution in [3.63, 3.8) is 0 Å². The molecule has 0 radical (unpaired) electrons. The minimum atomic E-state index is 1.16. The molecule has 1 aromatic heterocycles. The topological polar surface area (TPSA) is 12.9 Å². The maximum atomic E-state index is 3.94. The number of hydrogen-bond acceptors (Lipinski definition) is 1. The van der Waals surface area contributed by atoms with E-state index in [2.05, 4.69) is 24.1 Å². The van der Waals surface area contributed by atoms with Crippen molar-refractivity contribution in [2.75, 3.05) is 0 Å². The Morgan fingerprint density at radius 2 is 2.09 bits per heavy atom. The lowest BCUT2D eigenvalue weighted by molar-refractivity contribution is 0.962. The van der Waals surface area contributed by atoms with Gasteiger partial charge in [-0.1, -0.05) is 25.5 Å². The van der Waals surface area contributed by atoms with Gasteiger partial charge in [-0.05, 0) is 24.1 Å². The summed E-state index contributed by atoms with van der Waals surface area (Å²) in [5.41, 5.74) is 1.23. The summed E-state index contributed by atoms with van der Waals surface area (Å²) >= 11 is 0. The molecule has 1 heteroatoms. The normalized spacial score (nSPS) is 10.6. The first-order valence-corrected chi connectivity index (χ1v) is 4.00. The predicted molar refractivity (Wildman–Crippen MR) is 48.2 cm³/mol. The average Bonchev–Trinajstić information content (AvgIpc) is 2.07. The Bertz CT molecular complexity index is 214. The third-order valence-electron chi connectivity index (χ3n) is 1.47. The van der Waals surface area contributed by atoms with Gasteiger partial charge in [-0.25, -0.2) is 0 Å². The lowest BCUT2D eigenvalue weighted by Gasteiger charge is -1.89. The van der Waals surface area contributed by atoms with E-state index in [-0.39, 0.29) is 0 Å². The van der Waals surface area contributed by atoms with Crippen molar-refractivity contribution < 1.29 is 0 Å². The monoisotopic (exact) mass is 147 g/mol. The maximum absolute atomic E-state index is 3.94. The number of unbranched alkanes of at least 4 members (excludes halogenated alkanes) is 1. The van der Waals surface area contributed by atoms with E-state index in [0.717, 1.165) is 6.42 Å². The molecule has 0 aliphatic heterocycles. The smallest absolute Gasteiger partial charge is 0.0273 e. The molecular weight excluding hydrogens is 134 g/mol. The van der Waals surface area contributed by atoms with Crippen LogP contribution in [0.1, 0.15) is 25.3 Å². The highest BCUT2D eigenvalue weighted by atomic mass is 14.6. The zero-order valence-electron chi connectivity index (χ0n) is 6.83. The van der Waals surface area contributed by atoms with Crippen LogP contribution < -0.4 is 0 Å². The molecular formula is C10H13N. The number of rotatable bonds is 3. The van der Waals surface area contributed by atoms with Crippen molar-refractivity contribution in [3.05, 3.63) is 36.2 Å². The Hall–Kier alpha value is -1.11. The zero-order chi connectivity index (χ0) is 7.94. The van der Waals surface area contributed by atoms with Crippen molar-refractivity contribution in [1.82, 2.24) is 4.98 Å². The van der Waals surface area contributed by atoms with Gasteiger partial charge < -0.3 is 0 Å². The van der Waals surface area contributed by atoms with Crippen LogP contribution >= 0.6 is 0 Å². The van der Waals surface area contributed by atoms with Gasteiger partial charge in [-0.3, -0.25) is 4.98 Å². The van der Waals surface area contributed by atoms with Crippen LogP contribution in [-0.2, 0) is 0 Å². The van der Waals surface area contributed by atoms with E-state index in [0.29, 0.717) is 0 Å². The molecule has 11 heavy (non-hydrogen) atoms. The van der Waals surface area contributed by atoms with Crippen molar-refractivity contribution in [2.45, 2.75) is 19.8 Å². The molecule has 58 valence electrons. The molecule has 0 N–H and O–H groups in total. The van der Waals surface area contributed by atoms with Crippen molar-refractivity contribution >= 4 is 6.08 Å². The van der Waals surface area contributed by atoms with Gasteiger partial charge in [-0.2, -0.15) is 0 Å². The van der Waals surface area contributed by atoms with Gasteiger partial charge in [0.25, 0.3) is 0 Å². The van der Waals surface area contributed by atoms with E-state index in [1.165, 1.54) is 12.0 Å². The summed E-state index contributed by atoms with van der Waals surface area (Å²) in [7, 11) is 0. The summed E-state index contributed by atoms with van der Waals surface area (Å²) in [6.07, 6.45) is 10.3. The van der Waals surface area contributed by atoms with Gasteiger partial charge in [0.1, 0.15) is 0 Å². The lowest BCUT2D eigenvalue weighted by Crippen LogP contribution is -1.71. The van der Waals surface area contributed by atoms with Crippen molar-refractivity contribution in [1.29, 1.82) is 0 Å². The van der Waals surface area contributed by atoms with E-state index in [9.17, 15) is 0 Å². The standard InChI is InChI=1S/C10H13N/c1-2-3-4-5-10-6-8-11-9-7-10/h4-9H,2-3H2,1H3. The SMILES string of the molecule is CCCC=Cc1ccncc1. The number of pyridine rings is 1. The van der Waals surface area contributed by atoms with E-state index in [4.69, 9.17) is 0 Å². The molecule has 0 amide bonds. The maximum Gasteiger partial charge on any atom is 0.0273 e. The Balaban J connectivity index is 2.50. The fourth-order valence-corrected chi connectivity index (χ4v) is 0.861. The quantitative estimate of drug-likeness (QED) is 0.640. The van der Waals surface area contributed by atoms with Crippen LogP contribution in [-0.4, -0.2) is 4.98 Å². The highest BCUT2D eigenvalue weighted by Gasteiger charge is 1.81. The fraction of sp³-hybridized carbons (Fsp3) is 0.300. The molecule has 0 unspecified atom stereocenters. The average molecular weight is 147 g/mol. The molecule has 0 atom stereocenters. The molecule has 1 heterocycles. The van der Waals surface area contributed by atoms with E-state index in [1.807, 2.05) is 24.5 Å². The lowest BCUT2D eigenvalue weighted by atomic mass is 10.2. The molecule has 1 rings (SSSR count). The second kappa shape index (κ2) is 4.67. The fourth-order valence-electron chi connectivity index (χ4n) is 0.861. The highest BCUT2D eigenvalue weighted by molar-refractivity contribution is 5.47. The van der Waals surface area contributed by atoms with Crippen LogP contribution in [0.25, 0.3) is 6.08 Å². The number of aromatic nitrogens is 1. The third-order valence-corrected chi connectivity index (χ3v) is 1.47. The first-order chi connectivity index (χ1) is 5.43. The Labute approximate surface area is 67.8 Å². The molecule has 0 spiro atoms. The van der Waals surface area contributed by atoms with Gasteiger partial charge in [0.05, 0.1) is 0 Å². The van der Waals surface area contributed by atoms with E-state index in [1.54, 1.807) is 0 Å². The van der Waals surface area contributed by atoms with Crippen LogP contribution in [0.4, 0.5) is 0 Å². The molecule has 0 aliphatic rings. The molecule has 0 aliphatic carbocycles. The van der Waals surface area contributed by atoms with Crippen LogP contribution in [0.15, 0.2) is 30.6 Å². The molecule has 0 saturated heterocycles. The minimum Gasteiger partial charge on any atom is -0.265 e. The first kappa shape index (κ1) is 7.99. The number of hydrogen-bond donors (Lipinski definition) is 0. The van der Waals surface area contributed by atoms with Gasteiger partial charge in [-0.15, -0.1) is 0 Å². The van der Waals surface area contributed by atoms with Gasteiger partial charge in [0.15, 0.2) is 0 Å². The molecule has 0 aromatic carbocycles. The summed E-state index contributed by atoms with van der Waals surface area (Å²) in [6.45, 7) is 2.18. The second-order valence-electron chi connectivity index (χ2n) is 2.47. The van der Waals surface area contributed by atoms with Crippen molar-refractivity contribution in [2.24, 2.45) is 0 Å². The molecule has 0 saturated carbocycles. The first-order valence-electron chi connectivity index (χ1n) is 4.00. The largest absolute Gasteiger partial charge is 0.265 e. The highest BCUT2D eigenvalue weighted by Crippen LogP contribution is 2.00. The van der Waals surface area contributed by atoms with E-state index < -0.39 is 0 Å². The Morgan fingerprint density at radius 3 is 2.73 bits per heavy atom. The summed E-state index contributed by atoms with van der Waals surface area (Å²) in [6, 6.07) is 4.01. The summed E-state index contributed by atoms with van der Waals surface area (Å²) in [5, 5.41) is 0. The minimum absolute atomic E-state index is 1.16. The molecule has 1 nitrogen and oxygen atoms in total. The number of nitrogens with zero attached hydrogens (tertiary/aromatic N) is 1. The van der Waals surface area contributed by atoms with Crippen LogP contribution in [0, 0.1) is 0 Å². The third kappa shape index (κ3) is 2.99.